The van der Waals surface area contributed by atoms with Crippen molar-refractivity contribution in [1.82, 2.24) is 5.32 Å². The molecule has 0 spiro atoms. The van der Waals surface area contributed by atoms with Gasteiger partial charge >= 0.3 is 0 Å². The third-order valence-corrected chi connectivity index (χ3v) is 3.48. The first-order chi connectivity index (χ1) is 8.78. The quantitative estimate of drug-likeness (QED) is 0.667. The summed E-state index contributed by atoms with van der Waals surface area (Å²) in [4.78, 5) is 11.1. The molecule has 1 saturated carbocycles. The zero-order valence-electron chi connectivity index (χ0n) is 12.3. The predicted molar refractivity (Wildman–Crippen MR) is 74.7 cm³/mol. The van der Waals surface area contributed by atoms with Gasteiger partial charge in [0, 0.05) is 18.5 Å². The van der Waals surface area contributed by atoms with Crippen LogP contribution in [0.5, 0.6) is 0 Å². The normalized spacial score (nSPS) is 26.1. The largest absolute Gasteiger partial charge is 0.389 e. The molecule has 0 aromatic rings. The van der Waals surface area contributed by atoms with Crippen LogP contribution >= 0.6 is 0 Å². The molecule has 0 aromatic heterocycles. The summed E-state index contributed by atoms with van der Waals surface area (Å²) in [7, 11) is 0. The summed E-state index contributed by atoms with van der Waals surface area (Å²) in [5.41, 5.74) is 5.08. The fourth-order valence-electron chi connectivity index (χ4n) is 2.29. The Morgan fingerprint density at radius 3 is 2.42 bits per heavy atom. The van der Waals surface area contributed by atoms with Crippen molar-refractivity contribution in [3.05, 3.63) is 0 Å². The molecule has 1 aliphatic carbocycles. The van der Waals surface area contributed by atoms with Crippen LogP contribution in [0.4, 0.5) is 0 Å². The van der Waals surface area contributed by atoms with E-state index in [0.717, 1.165) is 25.7 Å². The summed E-state index contributed by atoms with van der Waals surface area (Å²) >= 11 is 0. The lowest BCUT2D eigenvalue weighted by Crippen LogP contribution is -2.41. The van der Waals surface area contributed by atoms with Crippen molar-refractivity contribution >= 4 is 5.91 Å². The van der Waals surface area contributed by atoms with E-state index >= 15 is 0 Å². The minimum absolute atomic E-state index is 0.0344. The molecule has 0 saturated heterocycles. The van der Waals surface area contributed by atoms with Gasteiger partial charge in [-0.15, -0.1) is 0 Å². The van der Waals surface area contributed by atoms with Crippen LogP contribution in [0.2, 0.25) is 0 Å². The number of aliphatic hydroxyl groups is 1. The highest BCUT2D eigenvalue weighted by atomic mass is 16.5. The number of carbonyl (C=O) groups excluding carboxylic acids is 1. The maximum Gasteiger partial charge on any atom is 0.220 e. The van der Waals surface area contributed by atoms with Crippen LogP contribution in [-0.4, -0.2) is 41.9 Å². The maximum atomic E-state index is 11.1. The summed E-state index contributed by atoms with van der Waals surface area (Å²) in [6.07, 6.45) is 3.09. The van der Waals surface area contributed by atoms with Crippen LogP contribution in [-0.2, 0) is 9.53 Å². The molecular formula is C14H28N2O3. The molecule has 19 heavy (non-hydrogen) atoms. The van der Waals surface area contributed by atoms with Crippen LogP contribution in [0.15, 0.2) is 0 Å². The Balaban J connectivity index is 2.15. The number of hydrogen-bond acceptors (Lipinski definition) is 4. The van der Waals surface area contributed by atoms with E-state index < -0.39 is 6.10 Å². The lowest BCUT2D eigenvalue weighted by molar-refractivity contribution is -0.122. The first-order valence-electron chi connectivity index (χ1n) is 7.12. The molecule has 1 fully saturated rings. The molecule has 5 nitrogen and oxygen atoms in total. The Hall–Kier alpha value is -0.650. The summed E-state index contributed by atoms with van der Waals surface area (Å²) < 4.78 is 5.53. The molecule has 0 aliphatic heterocycles. The summed E-state index contributed by atoms with van der Waals surface area (Å²) in [6.45, 7) is 6.78. The van der Waals surface area contributed by atoms with Crippen LogP contribution in [0.3, 0.4) is 0 Å². The molecule has 112 valence electrons. The number of amides is 1. The molecule has 1 unspecified atom stereocenters. The molecule has 5 heteroatoms. The Kier molecular flexibility index (Phi) is 6.23. The molecule has 0 radical (unpaired) electrons. The van der Waals surface area contributed by atoms with Crippen LogP contribution in [0, 0.1) is 5.92 Å². The van der Waals surface area contributed by atoms with E-state index in [2.05, 4.69) is 5.32 Å². The van der Waals surface area contributed by atoms with Crippen molar-refractivity contribution in [1.29, 1.82) is 0 Å². The first kappa shape index (κ1) is 16.4. The maximum absolute atomic E-state index is 11.1. The highest BCUT2D eigenvalue weighted by Gasteiger charge is 2.24. The molecule has 0 aromatic carbocycles. The average molecular weight is 272 g/mol. The second kappa shape index (κ2) is 7.22. The van der Waals surface area contributed by atoms with Crippen molar-refractivity contribution < 1.29 is 14.6 Å². The highest BCUT2D eigenvalue weighted by Crippen LogP contribution is 2.23. The fraction of sp³-hybridized carbons (Fsp3) is 0.929. The molecule has 0 heterocycles. The highest BCUT2D eigenvalue weighted by molar-refractivity contribution is 5.76. The Morgan fingerprint density at radius 1 is 1.37 bits per heavy atom. The third-order valence-electron chi connectivity index (χ3n) is 3.48. The second-order valence-corrected chi connectivity index (χ2v) is 6.44. The van der Waals surface area contributed by atoms with Crippen LogP contribution < -0.4 is 11.1 Å². The Labute approximate surface area is 115 Å². The number of ether oxygens (including phenoxy) is 1. The average Bonchev–Trinajstić information content (AvgIpc) is 2.33. The van der Waals surface area contributed by atoms with Gasteiger partial charge in [0.25, 0.3) is 0 Å². The lowest BCUT2D eigenvalue weighted by atomic mass is 9.85. The molecule has 1 rings (SSSR count). The van der Waals surface area contributed by atoms with Crippen molar-refractivity contribution in [2.45, 2.75) is 64.2 Å². The first-order valence-corrected chi connectivity index (χ1v) is 7.12. The number of carbonyl (C=O) groups is 1. The van der Waals surface area contributed by atoms with E-state index in [9.17, 15) is 9.90 Å². The van der Waals surface area contributed by atoms with E-state index in [-0.39, 0.29) is 17.4 Å². The van der Waals surface area contributed by atoms with E-state index in [1.54, 1.807) is 0 Å². The standard InChI is InChI=1S/C14H28N2O3/c1-14(2,3)19-9-12(17)8-16-11-6-4-10(5-7-11)13(15)18/h10-12,16-17H,4-9H2,1-3H3,(H2,15,18). The number of nitrogens with two attached hydrogens (primary N) is 1. The van der Waals surface area contributed by atoms with Gasteiger partial charge in [-0.25, -0.2) is 0 Å². The summed E-state index contributed by atoms with van der Waals surface area (Å²) in [5, 5.41) is 13.2. The van der Waals surface area contributed by atoms with Gasteiger partial charge in [0.05, 0.1) is 18.3 Å². The van der Waals surface area contributed by atoms with Gasteiger partial charge in [0.1, 0.15) is 0 Å². The lowest BCUT2D eigenvalue weighted by Gasteiger charge is -2.28. The SMILES string of the molecule is CC(C)(C)OCC(O)CNC1CCC(C(N)=O)CC1. The molecular weight excluding hydrogens is 244 g/mol. The van der Waals surface area contributed by atoms with Crippen molar-refractivity contribution in [3.63, 3.8) is 0 Å². The smallest absolute Gasteiger partial charge is 0.220 e. The molecule has 1 aliphatic rings. The van der Waals surface area contributed by atoms with Crippen molar-refractivity contribution in [2.75, 3.05) is 13.2 Å². The van der Waals surface area contributed by atoms with Crippen molar-refractivity contribution in [2.24, 2.45) is 11.7 Å². The number of rotatable bonds is 6. The van der Waals surface area contributed by atoms with Gasteiger partial charge in [0.2, 0.25) is 5.91 Å². The minimum atomic E-state index is -0.493. The van der Waals surface area contributed by atoms with Crippen LogP contribution in [0.25, 0.3) is 0 Å². The van der Waals surface area contributed by atoms with Gasteiger partial charge < -0.3 is 20.9 Å². The zero-order chi connectivity index (χ0) is 14.5. The zero-order valence-corrected chi connectivity index (χ0v) is 12.3. The van der Waals surface area contributed by atoms with Gasteiger partial charge in [-0.1, -0.05) is 0 Å². The molecule has 0 bridgehead atoms. The summed E-state index contributed by atoms with van der Waals surface area (Å²) in [5.74, 6) is -0.149. The van der Waals surface area contributed by atoms with Gasteiger partial charge in [0.15, 0.2) is 0 Å². The number of aliphatic hydroxyl groups excluding tert-OH is 1. The van der Waals surface area contributed by atoms with Gasteiger partial charge in [-0.2, -0.15) is 0 Å². The number of hydrogen-bond donors (Lipinski definition) is 3. The number of nitrogens with one attached hydrogen (secondary N) is 1. The predicted octanol–water partition coefficient (Wildman–Crippen LogP) is 0.796. The monoisotopic (exact) mass is 272 g/mol. The van der Waals surface area contributed by atoms with Crippen LogP contribution in [0.1, 0.15) is 46.5 Å². The second-order valence-electron chi connectivity index (χ2n) is 6.44. The van der Waals surface area contributed by atoms with Gasteiger partial charge in [-0.3, -0.25) is 4.79 Å². The van der Waals surface area contributed by atoms with E-state index in [1.165, 1.54) is 0 Å². The van der Waals surface area contributed by atoms with E-state index in [1.807, 2.05) is 20.8 Å². The Morgan fingerprint density at radius 2 is 1.95 bits per heavy atom. The van der Waals surface area contributed by atoms with E-state index in [4.69, 9.17) is 10.5 Å². The third kappa shape index (κ3) is 6.89. The van der Waals surface area contributed by atoms with Gasteiger partial charge in [-0.05, 0) is 46.5 Å². The minimum Gasteiger partial charge on any atom is -0.389 e. The van der Waals surface area contributed by atoms with Crippen molar-refractivity contribution in [3.8, 4) is 0 Å². The molecule has 1 atom stereocenters. The van der Waals surface area contributed by atoms with E-state index in [0.29, 0.717) is 19.2 Å². The summed E-state index contributed by atoms with van der Waals surface area (Å²) in [6, 6.07) is 0.375. The fourth-order valence-corrected chi connectivity index (χ4v) is 2.29. The molecule has 4 N–H and O–H groups in total. The Bertz CT molecular complexity index is 281. The molecule has 1 amide bonds. The topological polar surface area (TPSA) is 84.6 Å². The number of primary amides is 1.